The van der Waals surface area contributed by atoms with Crippen molar-refractivity contribution in [3.8, 4) is 11.1 Å². The number of nitrogens with one attached hydrogen (secondary N) is 1. The summed E-state index contributed by atoms with van der Waals surface area (Å²) in [5, 5.41) is 15.5. The summed E-state index contributed by atoms with van der Waals surface area (Å²) in [6.07, 6.45) is 6.36. The number of primary amides is 1. The highest BCUT2D eigenvalue weighted by molar-refractivity contribution is 7.10. The minimum Gasteiger partial charge on any atom is -0.364 e. The van der Waals surface area contributed by atoms with Crippen LogP contribution in [0.3, 0.4) is 0 Å². The van der Waals surface area contributed by atoms with Crippen LogP contribution in [0.2, 0.25) is 0 Å². The van der Waals surface area contributed by atoms with Crippen molar-refractivity contribution in [1.29, 1.82) is 0 Å². The summed E-state index contributed by atoms with van der Waals surface area (Å²) in [4.78, 5) is 44.3. The van der Waals surface area contributed by atoms with E-state index in [4.69, 9.17) is 17.3 Å². The molecule has 4 heterocycles. The predicted octanol–water partition coefficient (Wildman–Crippen LogP) is 3.73. The van der Waals surface area contributed by atoms with Gasteiger partial charge in [-0.1, -0.05) is 42.5 Å². The van der Waals surface area contributed by atoms with Crippen molar-refractivity contribution in [1.82, 2.24) is 34.2 Å². The van der Waals surface area contributed by atoms with Crippen molar-refractivity contribution in [2.24, 2.45) is 5.73 Å². The molecule has 220 valence electrons. The SMILES string of the molecule is C=C/C=C(\C(Cl)=C/C)c1nsc(NC(=O)C2C[C@@H](F)CN2C(=O)Cn2nc(C(N)=O)c3cc(-c4ccnnc4)ccc32)n1. The van der Waals surface area contributed by atoms with Crippen LogP contribution in [0, 0.1) is 0 Å². The Morgan fingerprint density at radius 1 is 1.26 bits per heavy atom. The van der Waals surface area contributed by atoms with Crippen molar-refractivity contribution in [2.75, 3.05) is 11.9 Å². The molecule has 3 N–H and O–H groups in total. The first-order valence-corrected chi connectivity index (χ1v) is 14.2. The van der Waals surface area contributed by atoms with Gasteiger partial charge < -0.3 is 10.6 Å². The molecule has 0 saturated carbocycles. The Morgan fingerprint density at radius 3 is 2.77 bits per heavy atom. The Balaban J connectivity index is 1.36. The first kappa shape index (κ1) is 29.7. The van der Waals surface area contributed by atoms with Gasteiger partial charge in [0.15, 0.2) is 11.5 Å². The summed E-state index contributed by atoms with van der Waals surface area (Å²) in [7, 11) is 0. The molecule has 0 aliphatic carbocycles. The van der Waals surface area contributed by atoms with Crippen LogP contribution in [0.5, 0.6) is 0 Å². The highest BCUT2D eigenvalue weighted by Gasteiger charge is 2.40. The van der Waals surface area contributed by atoms with Crippen LogP contribution in [-0.2, 0) is 16.1 Å². The van der Waals surface area contributed by atoms with Crippen LogP contribution >= 0.6 is 23.1 Å². The second kappa shape index (κ2) is 12.6. The van der Waals surface area contributed by atoms with E-state index in [0.29, 0.717) is 21.5 Å². The number of likely N-dealkylation sites (tertiary alicyclic amines) is 1. The van der Waals surface area contributed by atoms with Gasteiger partial charge in [0.05, 0.1) is 24.5 Å². The zero-order chi connectivity index (χ0) is 30.7. The minimum atomic E-state index is -1.41. The molecule has 0 spiro atoms. The molecule has 0 radical (unpaired) electrons. The maximum atomic E-state index is 14.6. The molecule has 4 aromatic rings. The Kier molecular flexibility index (Phi) is 8.68. The minimum absolute atomic E-state index is 0.0271. The molecule has 1 aromatic carbocycles. The van der Waals surface area contributed by atoms with E-state index in [9.17, 15) is 18.8 Å². The lowest BCUT2D eigenvalue weighted by Gasteiger charge is -2.23. The number of nitrogens with two attached hydrogens (primary N) is 1. The summed E-state index contributed by atoms with van der Waals surface area (Å²) in [5.74, 6) is -1.66. The van der Waals surface area contributed by atoms with E-state index < -0.39 is 29.9 Å². The lowest BCUT2D eigenvalue weighted by atomic mass is 10.0. The van der Waals surface area contributed by atoms with E-state index in [1.165, 1.54) is 17.0 Å². The van der Waals surface area contributed by atoms with Crippen LogP contribution in [0.25, 0.3) is 27.6 Å². The number of anilines is 1. The molecule has 2 atom stereocenters. The zero-order valence-electron chi connectivity index (χ0n) is 22.8. The molecule has 3 aromatic heterocycles. The highest BCUT2D eigenvalue weighted by Crippen LogP contribution is 2.29. The van der Waals surface area contributed by atoms with E-state index in [0.717, 1.165) is 27.6 Å². The second-order valence-corrected chi connectivity index (χ2v) is 10.7. The molecule has 1 aliphatic rings. The van der Waals surface area contributed by atoms with Crippen molar-refractivity contribution in [3.63, 3.8) is 0 Å². The van der Waals surface area contributed by atoms with E-state index in [2.05, 4.69) is 36.5 Å². The number of rotatable bonds is 9. The van der Waals surface area contributed by atoms with Gasteiger partial charge in [0.25, 0.3) is 5.91 Å². The normalized spacial score (nSPS) is 17.3. The number of fused-ring (bicyclic) bond motifs is 1. The molecule has 1 unspecified atom stereocenters. The van der Waals surface area contributed by atoms with Gasteiger partial charge in [0.2, 0.25) is 16.9 Å². The monoisotopic (exact) mass is 621 g/mol. The van der Waals surface area contributed by atoms with Crippen LogP contribution in [-0.4, -0.2) is 70.7 Å². The Bertz CT molecular complexity index is 1790. The summed E-state index contributed by atoms with van der Waals surface area (Å²) in [5.41, 5.74) is 8.05. The van der Waals surface area contributed by atoms with Crippen LogP contribution < -0.4 is 11.1 Å². The fourth-order valence-electron chi connectivity index (χ4n) is 4.76. The average molecular weight is 622 g/mol. The van der Waals surface area contributed by atoms with Crippen LogP contribution in [0.15, 0.2) is 66.5 Å². The van der Waals surface area contributed by atoms with Crippen LogP contribution in [0.4, 0.5) is 9.52 Å². The van der Waals surface area contributed by atoms with Gasteiger partial charge in [-0.3, -0.25) is 24.4 Å². The number of carbonyl (C=O) groups is 3. The second-order valence-electron chi connectivity index (χ2n) is 9.49. The zero-order valence-corrected chi connectivity index (χ0v) is 24.3. The van der Waals surface area contributed by atoms with E-state index in [-0.39, 0.29) is 36.2 Å². The molecule has 15 heteroatoms. The highest BCUT2D eigenvalue weighted by atomic mass is 35.5. The first-order chi connectivity index (χ1) is 20.7. The predicted molar refractivity (Wildman–Crippen MR) is 161 cm³/mol. The number of halogens is 2. The number of hydrogen-bond donors (Lipinski definition) is 2. The lowest BCUT2D eigenvalue weighted by Crippen LogP contribution is -2.44. The van der Waals surface area contributed by atoms with Gasteiger partial charge in [-0.2, -0.15) is 24.7 Å². The molecule has 1 aliphatic heterocycles. The van der Waals surface area contributed by atoms with Crippen molar-refractivity contribution < 1.29 is 18.8 Å². The molecule has 1 fully saturated rings. The van der Waals surface area contributed by atoms with E-state index in [1.54, 1.807) is 49.5 Å². The van der Waals surface area contributed by atoms with Crippen molar-refractivity contribution in [2.45, 2.75) is 32.1 Å². The molecular weight excluding hydrogens is 597 g/mol. The number of amides is 3. The maximum absolute atomic E-state index is 14.6. The number of carbonyl (C=O) groups excluding carboxylic acids is 3. The summed E-state index contributed by atoms with van der Waals surface area (Å²) in [6, 6.07) is 5.87. The van der Waals surface area contributed by atoms with E-state index in [1.807, 2.05) is 0 Å². The van der Waals surface area contributed by atoms with Gasteiger partial charge in [-0.25, -0.2) is 4.39 Å². The Morgan fingerprint density at radius 2 is 2.07 bits per heavy atom. The topological polar surface area (TPSA) is 162 Å². The summed E-state index contributed by atoms with van der Waals surface area (Å²) < 4.78 is 20.1. The molecule has 0 bridgehead atoms. The van der Waals surface area contributed by atoms with Gasteiger partial charge in [-0.05, 0) is 30.7 Å². The largest absolute Gasteiger partial charge is 0.364 e. The lowest BCUT2D eigenvalue weighted by molar-refractivity contribution is -0.137. The third-order valence-corrected chi connectivity index (χ3v) is 7.80. The van der Waals surface area contributed by atoms with Gasteiger partial charge >= 0.3 is 0 Å². The molecule has 5 rings (SSSR count). The molecule has 3 amide bonds. The number of alkyl halides is 1. The van der Waals surface area contributed by atoms with Crippen molar-refractivity contribution in [3.05, 3.63) is 78.0 Å². The standard InChI is InChI=1S/C28H25ClFN9O3S/c1-3-5-18(20(29)4-2)26-34-28(43-37-26)35-27(42)22-11-17(30)13-38(22)23(40)14-39-21-7-6-15(16-8-9-32-33-12-16)10-19(21)24(36-39)25(31)41/h3-10,12,17,22H,1,11,13-14H2,2H3,(H2,31,41)(H,34,35,37,42)/b18-5+,20-4+/t17-,22?/m1/s1. The molecular formula is C28H25ClFN9O3S. The fraction of sp³-hybridized carbons (Fsp3) is 0.214. The third kappa shape index (κ3) is 6.20. The molecule has 1 saturated heterocycles. The quantitative estimate of drug-likeness (QED) is 0.267. The smallest absolute Gasteiger partial charge is 0.269 e. The first-order valence-electron chi connectivity index (χ1n) is 13.0. The molecule has 43 heavy (non-hydrogen) atoms. The van der Waals surface area contributed by atoms with Crippen molar-refractivity contribution >= 4 is 62.5 Å². The number of allylic oxidation sites excluding steroid dienone is 5. The summed E-state index contributed by atoms with van der Waals surface area (Å²) >= 11 is 7.17. The van der Waals surface area contributed by atoms with Crippen LogP contribution in [0.1, 0.15) is 29.7 Å². The Labute approximate surface area is 253 Å². The fourth-order valence-corrected chi connectivity index (χ4v) is 5.49. The number of nitrogens with zero attached hydrogens (tertiary/aromatic N) is 7. The van der Waals surface area contributed by atoms with Gasteiger partial charge in [-0.15, -0.1) is 0 Å². The number of aromatic nitrogens is 6. The number of benzene rings is 1. The summed E-state index contributed by atoms with van der Waals surface area (Å²) in [6.45, 7) is 4.79. The van der Waals surface area contributed by atoms with Gasteiger partial charge in [0, 0.05) is 39.5 Å². The van der Waals surface area contributed by atoms with E-state index >= 15 is 0 Å². The van der Waals surface area contributed by atoms with Gasteiger partial charge in [0.1, 0.15) is 18.8 Å². The maximum Gasteiger partial charge on any atom is 0.269 e. The number of hydrogen-bond acceptors (Lipinski definition) is 9. The average Bonchev–Trinajstić information content (AvgIpc) is 3.73. The molecule has 12 nitrogen and oxygen atoms in total. The third-order valence-electron chi connectivity index (χ3n) is 6.75. The Hall–Kier alpha value is -4.82.